The number of H-pyrrole nitrogens is 1. The number of aromatic amines is 1. The van der Waals surface area contributed by atoms with E-state index in [1.807, 2.05) is 6.20 Å². The van der Waals surface area contributed by atoms with Crippen LogP contribution in [0.25, 0.3) is 10.9 Å². The normalized spacial score (nSPS) is 19.8. The molecule has 0 spiro atoms. The standard InChI is InChI=1S/C23H23N3/c1-15-3-8-20-18(13-15)23-21(25-20)11-12-26(2)22(23)10-5-16-4-9-19(24-14-16)17-6-7-17/h3-4,8-9,13-14,17,22,25H,6-7,11-12H2,1-2H3. The van der Waals surface area contributed by atoms with Crippen molar-refractivity contribution in [2.45, 2.75) is 38.1 Å². The average Bonchev–Trinajstić information content (AvgIpc) is 3.43. The lowest BCUT2D eigenvalue weighted by atomic mass is 9.95. The van der Waals surface area contributed by atoms with Gasteiger partial charge in [-0.3, -0.25) is 9.88 Å². The summed E-state index contributed by atoms with van der Waals surface area (Å²) in [6.45, 7) is 3.18. The summed E-state index contributed by atoms with van der Waals surface area (Å²) in [5.41, 5.74) is 7.43. The van der Waals surface area contributed by atoms with Gasteiger partial charge in [0.15, 0.2) is 0 Å². The molecule has 1 N–H and O–H groups in total. The van der Waals surface area contributed by atoms with Gasteiger partial charge in [-0.2, -0.15) is 0 Å². The lowest BCUT2D eigenvalue weighted by Gasteiger charge is -2.29. The molecule has 2 aromatic heterocycles. The summed E-state index contributed by atoms with van der Waals surface area (Å²) < 4.78 is 0. The Hall–Kier alpha value is -2.57. The number of pyridine rings is 1. The molecule has 1 unspecified atom stereocenters. The molecule has 1 aromatic carbocycles. The van der Waals surface area contributed by atoms with Crippen LogP contribution in [0.5, 0.6) is 0 Å². The number of benzene rings is 1. The van der Waals surface area contributed by atoms with E-state index in [2.05, 4.69) is 71.0 Å². The van der Waals surface area contributed by atoms with Crippen molar-refractivity contribution >= 4 is 10.9 Å². The third-order valence-corrected chi connectivity index (χ3v) is 5.64. The molecule has 1 fully saturated rings. The first-order chi connectivity index (χ1) is 12.7. The molecule has 0 bridgehead atoms. The van der Waals surface area contributed by atoms with E-state index in [9.17, 15) is 0 Å². The Morgan fingerprint density at radius 3 is 2.85 bits per heavy atom. The van der Waals surface area contributed by atoms with Crippen LogP contribution in [0.4, 0.5) is 0 Å². The van der Waals surface area contributed by atoms with Crippen molar-refractivity contribution in [2.24, 2.45) is 0 Å². The van der Waals surface area contributed by atoms with Gasteiger partial charge in [0.25, 0.3) is 0 Å². The molecule has 3 heteroatoms. The van der Waals surface area contributed by atoms with E-state index in [0.717, 1.165) is 18.5 Å². The van der Waals surface area contributed by atoms with Gasteiger partial charge in [0.2, 0.25) is 0 Å². The van der Waals surface area contributed by atoms with E-state index in [4.69, 9.17) is 0 Å². The van der Waals surface area contributed by atoms with Crippen molar-refractivity contribution in [2.75, 3.05) is 13.6 Å². The molecule has 1 aliphatic carbocycles. The monoisotopic (exact) mass is 341 g/mol. The molecule has 5 rings (SSSR count). The molecular formula is C23H23N3. The fourth-order valence-corrected chi connectivity index (χ4v) is 3.96. The van der Waals surface area contributed by atoms with Crippen molar-refractivity contribution < 1.29 is 0 Å². The number of aromatic nitrogens is 2. The van der Waals surface area contributed by atoms with Crippen LogP contribution in [0, 0.1) is 18.8 Å². The molecule has 0 amide bonds. The van der Waals surface area contributed by atoms with Gasteiger partial charge < -0.3 is 4.98 Å². The number of likely N-dealkylation sites (N-methyl/N-ethyl adjacent to an activating group) is 1. The van der Waals surface area contributed by atoms with Crippen LogP contribution in [0.15, 0.2) is 36.5 Å². The van der Waals surface area contributed by atoms with Crippen LogP contribution in [0.2, 0.25) is 0 Å². The van der Waals surface area contributed by atoms with Gasteiger partial charge in [0.1, 0.15) is 0 Å². The SMILES string of the molecule is Cc1ccc2[nH]c3c(c2c1)C(C#Cc1ccc(C2CC2)nc1)N(C)CC3. The third kappa shape index (κ3) is 2.71. The fourth-order valence-electron chi connectivity index (χ4n) is 3.96. The highest BCUT2D eigenvalue weighted by Gasteiger charge is 2.27. The van der Waals surface area contributed by atoms with E-state index in [0.29, 0.717) is 5.92 Å². The number of nitrogens with zero attached hydrogens (tertiary/aromatic N) is 2. The topological polar surface area (TPSA) is 31.9 Å². The zero-order valence-corrected chi connectivity index (χ0v) is 15.3. The van der Waals surface area contributed by atoms with Crippen LogP contribution in [-0.4, -0.2) is 28.5 Å². The van der Waals surface area contributed by atoms with E-state index >= 15 is 0 Å². The van der Waals surface area contributed by atoms with Crippen molar-refractivity contribution in [1.29, 1.82) is 0 Å². The highest BCUT2D eigenvalue weighted by atomic mass is 15.1. The van der Waals surface area contributed by atoms with Crippen LogP contribution >= 0.6 is 0 Å². The fraction of sp³-hybridized carbons (Fsp3) is 0.348. The number of rotatable bonds is 1. The maximum absolute atomic E-state index is 4.60. The highest BCUT2D eigenvalue weighted by Crippen LogP contribution is 2.38. The molecule has 1 atom stereocenters. The summed E-state index contributed by atoms with van der Waals surface area (Å²) >= 11 is 0. The number of aryl methyl sites for hydroxylation is 1. The third-order valence-electron chi connectivity index (χ3n) is 5.64. The Kier molecular flexibility index (Phi) is 3.62. The molecule has 26 heavy (non-hydrogen) atoms. The molecular weight excluding hydrogens is 318 g/mol. The van der Waals surface area contributed by atoms with Gasteiger partial charge in [-0.15, -0.1) is 0 Å². The highest BCUT2D eigenvalue weighted by molar-refractivity contribution is 5.86. The van der Waals surface area contributed by atoms with Crippen LogP contribution in [0.3, 0.4) is 0 Å². The van der Waals surface area contributed by atoms with E-state index < -0.39 is 0 Å². The maximum atomic E-state index is 4.60. The minimum absolute atomic E-state index is 0.123. The van der Waals surface area contributed by atoms with Crippen molar-refractivity contribution in [3.8, 4) is 11.8 Å². The number of hydrogen-bond donors (Lipinski definition) is 1. The smallest absolute Gasteiger partial charge is 0.0995 e. The lowest BCUT2D eigenvalue weighted by molar-refractivity contribution is 0.280. The van der Waals surface area contributed by atoms with Crippen LogP contribution in [0.1, 0.15) is 52.9 Å². The summed E-state index contributed by atoms with van der Waals surface area (Å²) in [5, 5.41) is 1.31. The Morgan fingerprint density at radius 1 is 1.19 bits per heavy atom. The Morgan fingerprint density at radius 2 is 2.08 bits per heavy atom. The van der Waals surface area contributed by atoms with Crippen molar-refractivity contribution in [1.82, 2.24) is 14.9 Å². The zero-order chi connectivity index (χ0) is 17.7. The van der Waals surface area contributed by atoms with Crippen LogP contribution in [-0.2, 0) is 6.42 Å². The van der Waals surface area contributed by atoms with Crippen LogP contribution < -0.4 is 0 Å². The zero-order valence-electron chi connectivity index (χ0n) is 15.3. The summed E-state index contributed by atoms with van der Waals surface area (Å²) in [4.78, 5) is 10.6. The summed E-state index contributed by atoms with van der Waals surface area (Å²) in [5.74, 6) is 7.59. The lowest BCUT2D eigenvalue weighted by Crippen LogP contribution is -2.31. The summed E-state index contributed by atoms with van der Waals surface area (Å²) in [7, 11) is 2.17. The largest absolute Gasteiger partial charge is 0.358 e. The molecule has 130 valence electrons. The minimum Gasteiger partial charge on any atom is -0.358 e. The first-order valence-corrected chi connectivity index (χ1v) is 9.48. The predicted octanol–water partition coefficient (Wildman–Crippen LogP) is 4.33. The van der Waals surface area contributed by atoms with Crippen molar-refractivity contribution in [3.63, 3.8) is 0 Å². The molecule has 2 aliphatic rings. The van der Waals surface area contributed by atoms with Gasteiger partial charge in [-0.05, 0) is 51.1 Å². The second-order valence-corrected chi connectivity index (χ2v) is 7.71. The van der Waals surface area contributed by atoms with E-state index in [-0.39, 0.29) is 6.04 Å². The summed E-state index contributed by atoms with van der Waals surface area (Å²) in [6, 6.07) is 11.0. The van der Waals surface area contributed by atoms with E-state index in [1.54, 1.807) is 0 Å². The predicted molar refractivity (Wildman–Crippen MR) is 105 cm³/mol. The van der Waals surface area contributed by atoms with Gasteiger partial charge in [0, 0.05) is 58.5 Å². The Labute approximate surface area is 154 Å². The molecule has 3 nitrogen and oxygen atoms in total. The first kappa shape index (κ1) is 15.7. The minimum atomic E-state index is 0.123. The average molecular weight is 341 g/mol. The van der Waals surface area contributed by atoms with E-state index in [1.165, 1.54) is 46.3 Å². The quantitative estimate of drug-likeness (QED) is 0.668. The molecule has 3 aromatic rings. The Bertz CT molecular complexity index is 1030. The number of nitrogens with one attached hydrogen (secondary N) is 1. The second kappa shape index (κ2) is 6.00. The number of hydrogen-bond acceptors (Lipinski definition) is 2. The molecule has 3 heterocycles. The maximum Gasteiger partial charge on any atom is 0.0995 e. The molecule has 1 aliphatic heterocycles. The first-order valence-electron chi connectivity index (χ1n) is 9.48. The van der Waals surface area contributed by atoms with Gasteiger partial charge in [-0.1, -0.05) is 23.5 Å². The van der Waals surface area contributed by atoms with Crippen molar-refractivity contribution in [3.05, 3.63) is 64.6 Å². The second-order valence-electron chi connectivity index (χ2n) is 7.71. The molecule has 0 radical (unpaired) electrons. The number of fused-ring (bicyclic) bond motifs is 3. The molecule has 1 saturated carbocycles. The Balaban J connectivity index is 1.53. The van der Waals surface area contributed by atoms with Gasteiger partial charge in [-0.25, -0.2) is 0 Å². The summed E-state index contributed by atoms with van der Waals surface area (Å²) in [6.07, 6.45) is 5.56. The van der Waals surface area contributed by atoms with Gasteiger partial charge >= 0.3 is 0 Å². The molecule has 0 saturated heterocycles. The van der Waals surface area contributed by atoms with Gasteiger partial charge in [0.05, 0.1) is 6.04 Å².